The smallest absolute Gasteiger partial charge is 0.210 e. The van der Waals surface area contributed by atoms with Gasteiger partial charge in [0, 0.05) is 18.0 Å². The van der Waals surface area contributed by atoms with Crippen molar-refractivity contribution in [3.63, 3.8) is 0 Å². The molecule has 4 nitrogen and oxygen atoms in total. The van der Waals surface area contributed by atoms with Crippen molar-refractivity contribution in [2.45, 2.75) is 19.9 Å². The van der Waals surface area contributed by atoms with E-state index in [1.165, 1.54) is 10.4 Å². The van der Waals surface area contributed by atoms with Gasteiger partial charge in [0.2, 0.25) is 10.0 Å². The number of primary sulfonamides is 1. The standard InChI is InChI=1S/C9H16N2O2S2/c1-2-8-3-5-14-9(8)7-11-4-6-15(10,12)13/h3,5,11H,2,4,6-7H2,1H3,(H2,10,12,13). The first-order valence-corrected chi connectivity index (χ1v) is 7.39. The van der Waals surface area contributed by atoms with Crippen molar-refractivity contribution in [2.24, 2.45) is 5.14 Å². The molecule has 0 saturated heterocycles. The summed E-state index contributed by atoms with van der Waals surface area (Å²) in [4.78, 5) is 1.27. The molecule has 0 saturated carbocycles. The highest BCUT2D eigenvalue weighted by Gasteiger charge is 2.04. The van der Waals surface area contributed by atoms with Crippen LogP contribution in [0.5, 0.6) is 0 Å². The lowest BCUT2D eigenvalue weighted by Gasteiger charge is -2.03. The van der Waals surface area contributed by atoms with Gasteiger partial charge in [-0.15, -0.1) is 11.3 Å². The van der Waals surface area contributed by atoms with Crippen molar-refractivity contribution >= 4 is 21.4 Å². The predicted octanol–water partition coefficient (Wildman–Crippen LogP) is 0.689. The van der Waals surface area contributed by atoms with E-state index in [2.05, 4.69) is 23.7 Å². The summed E-state index contributed by atoms with van der Waals surface area (Å²) in [6.07, 6.45) is 1.01. The lowest BCUT2D eigenvalue weighted by atomic mass is 10.2. The Balaban J connectivity index is 2.32. The summed E-state index contributed by atoms with van der Waals surface area (Å²) in [7, 11) is -3.34. The maximum absolute atomic E-state index is 10.7. The summed E-state index contributed by atoms with van der Waals surface area (Å²) in [6.45, 7) is 3.23. The van der Waals surface area contributed by atoms with E-state index < -0.39 is 10.0 Å². The molecule has 0 spiro atoms. The van der Waals surface area contributed by atoms with Gasteiger partial charge < -0.3 is 5.32 Å². The first-order valence-electron chi connectivity index (χ1n) is 4.79. The summed E-state index contributed by atoms with van der Waals surface area (Å²) < 4.78 is 21.3. The number of aryl methyl sites for hydroxylation is 1. The number of thiophene rings is 1. The first kappa shape index (κ1) is 12.6. The zero-order valence-electron chi connectivity index (χ0n) is 8.69. The van der Waals surface area contributed by atoms with Gasteiger partial charge in [0.1, 0.15) is 0 Å². The second kappa shape index (κ2) is 5.60. The fourth-order valence-electron chi connectivity index (χ4n) is 1.25. The van der Waals surface area contributed by atoms with Crippen molar-refractivity contribution < 1.29 is 8.42 Å². The van der Waals surface area contributed by atoms with Gasteiger partial charge in [-0.2, -0.15) is 0 Å². The Bertz CT molecular complexity index is 398. The summed E-state index contributed by atoms with van der Waals surface area (Å²) in [5.74, 6) is -0.0141. The lowest BCUT2D eigenvalue weighted by molar-refractivity contribution is 0.592. The monoisotopic (exact) mass is 248 g/mol. The molecular weight excluding hydrogens is 232 g/mol. The van der Waals surface area contributed by atoms with Gasteiger partial charge in [0.15, 0.2) is 0 Å². The quantitative estimate of drug-likeness (QED) is 0.728. The molecule has 3 N–H and O–H groups in total. The van der Waals surface area contributed by atoms with Gasteiger partial charge in [-0.05, 0) is 23.4 Å². The van der Waals surface area contributed by atoms with Crippen LogP contribution in [0.15, 0.2) is 11.4 Å². The van der Waals surface area contributed by atoms with Crippen LogP contribution in [0.25, 0.3) is 0 Å². The summed E-state index contributed by atoms with van der Waals surface area (Å²) in [6, 6.07) is 2.10. The molecule has 0 amide bonds. The third-order valence-corrected chi connectivity index (χ3v) is 3.80. The number of nitrogens with one attached hydrogen (secondary N) is 1. The normalized spacial score (nSPS) is 11.9. The lowest BCUT2D eigenvalue weighted by Crippen LogP contribution is -2.26. The molecule has 0 fully saturated rings. The molecule has 15 heavy (non-hydrogen) atoms. The van der Waals surface area contributed by atoms with Gasteiger partial charge in [0.25, 0.3) is 0 Å². The summed E-state index contributed by atoms with van der Waals surface area (Å²) in [5, 5.41) is 10.0. The minimum atomic E-state index is -3.34. The van der Waals surface area contributed by atoms with Gasteiger partial charge in [-0.1, -0.05) is 6.92 Å². The number of rotatable bonds is 6. The van der Waals surface area contributed by atoms with Crippen LogP contribution >= 0.6 is 11.3 Å². The number of nitrogens with two attached hydrogens (primary N) is 1. The van der Waals surface area contributed by atoms with Gasteiger partial charge in [0.05, 0.1) is 5.75 Å². The second-order valence-corrected chi connectivity index (χ2v) is 6.00. The highest BCUT2D eigenvalue weighted by Crippen LogP contribution is 2.16. The third-order valence-electron chi connectivity index (χ3n) is 2.07. The average Bonchev–Trinajstić information content (AvgIpc) is 2.58. The third kappa shape index (κ3) is 4.74. The molecule has 1 aromatic heterocycles. The molecule has 1 heterocycles. The second-order valence-electron chi connectivity index (χ2n) is 3.27. The fraction of sp³-hybridized carbons (Fsp3) is 0.556. The number of hydrogen-bond acceptors (Lipinski definition) is 4. The Labute approximate surface area is 94.5 Å². The van der Waals surface area contributed by atoms with E-state index in [1.54, 1.807) is 11.3 Å². The Kier molecular flexibility index (Phi) is 4.72. The predicted molar refractivity (Wildman–Crippen MR) is 63.4 cm³/mol. The van der Waals surface area contributed by atoms with E-state index in [-0.39, 0.29) is 5.75 Å². The van der Waals surface area contributed by atoms with E-state index in [0.29, 0.717) is 6.54 Å². The van der Waals surface area contributed by atoms with Crippen molar-refractivity contribution in [1.82, 2.24) is 5.32 Å². The minimum Gasteiger partial charge on any atom is -0.311 e. The van der Waals surface area contributed by atoms with E-state index in [0.717, 1.165) is 13.0 Å². The van der Waals surface area contributed by atoms with Crippen LogP contribution in [-0.2, 0) is 23.0 Å². The SMILES string of the molecule is CCc1ccsc1CNCCS(N)(=O)=O. The van der Waals surface area contributed by atoms with Crippen molar-refractivity contribution in [1.29, 1.82) is 0 Å². The van der Waals surface area contributed by atoms with E-state index in [1.807, 2.05) is 0 Å². The zero-order valence-corrected chi connectivity index (χ0v) is 10.3. The molecule has 0 bridgehead atoms. The topological polar surface area (TPSA) is 72.2 Å². The van der Waals surface area contributed by atoms with Gasteiger partial charge >= 0.3 is 0 Å². The van der Waals surface area contributed by atoms with Crippen LogP contribution in [0, 0.1) is 0 Å². The van der Waals surface area contributed by atoms with Crippen LogP contribution in [0.3, 0.4) is 0 Å². The van der Waals surface area contributed by atoms with Crippen LogP contribution in [0.2, 0.25) is 0 Å². The van der Waals surface area contributed by atoms with Gasteiger partial charge in [-0.25, -0.2) is 13.6 Å². The fourth-order valence-corrected chi connectivity index (χ4v) is 2.63. The highest BCUT2D eigenvalue weighted by molar-refractivity contribution is 7.89. The first-order chi connectivity index (χ1) is 7.03. The van der Waals surface area contributed by atoms with E-state index in [9.17, 15) is 8.42 Å². The Morgan fingerprint density at radius 3 is 2.87 bits per heavy atom. The molecule has 0 radical (unpaired) electrons. The van der Waals surface area contributed by atoms with Crippen molar-refractivity contribution in [3.05, 3.63) is 21.9 Å². The van der Waals surface area contributed by atoms with E-state index >= 15 is 0 Å². The molecule has 0 aliphatic rings. The molecule has 0 aromatic carbocycles. The van der Waals surface area contributed by atoms with E-state index in [4.69, 9.17) is 5.14 Å². The van der Waals surface area contributed by atoms with Crippen LogP contribution in [-0.4, -0.2) is 20.7 Å². The Morgan fingerprint density at radius 2 is 2.27 bits per heavy atom. The average molecular weight is 248 g/mol. The Morgan fingerprint density at radius 1 is 1.53 bits per heavy atom. The van der Waals surface area contributed by atoms with Crippen LogP contribution in [0.1, 0.15) is 17.4 Å². The maximum atomic E-state index is 10.7. The highest BCUT2D eigenvalue weighted by atomic mass is 32.2. The maximum Gasteiger partial charge on any atom is 0.210 e. The number of sulfonamides is 1. The van der Waals surface area contributed by atoms with Gasteiger partial charge in [-0.3, -0.25) is 0 Å². The molecular formula is C9H16N2O2S2. The molecule has 6 heteroatoms. The zero-order chi connectivity index (χ0) is 11.3. The van der Waals surface area contributed by atoms with Crippen LogP contribution in [0.4, 0.5) is 0 Å². The Hall–Kier alpha value is -0.430. The molecule has 1 rings (SSSR count). The summed E-state index contributed by atoms with van der Waals surface area (Å²) >= 11 is 1.69. The number of hydrogen-bond donors (Lipinski definition) is 2. The van der Waals surface area contributed by atoms with Crippen molar-refractivity contribution in [2.75, 3.05) is 12.3 Å². The van der Waals surface area contributed by atoms with Crippen molar-refractivity contribution in [3.8, 4) is 0 Å². The molecule has 0 unspecified atom stereocenters. The largest absolute Gasteiger partial charge is 0.311 e. The summed E-state index contributed by atoms with van der Waals surface area (Å²) in [5.41, 5.74) is 1.32. The van der Waals surface area contributed by atoms with Crippen LogP contribution < -0.4 is 10.5 Å². The molecule has 0 aliphatic heterocycles. The molecule has 0 aliphatic carbocycles. The molecule has 0 atom stereocenters. The molecule has 86 valence electrons. The minimum absolute atomic E-state index is 0.0141. The molecule has 1 aromatic rings.